The lowest BCUT2D eigenvalue weighted by molar-refractivity contribution is -0.141. The minimum Gasteiger partial charge on any atom is -0.508 e. The van der Waals surface area contributed by atoms with Gasteiger partial charge in [-0.1, -0.05) is 47.5 Å². The zero-order valence-corrected chi connectivity index (χ0v) is 28.3. The number of thiophene rings is 1. The topological polar surface area (TPSA) is 116 Å². The number of aromatic hydroxyl groups is 1. The summed E-state index contributed by atoms with van der Waals surface area (Å²) in [4.78, 5) is 60.3. The van der Waals surface area contributed by atoms with E-state index in [-0.39, 0.29) is 37.0 Å². The standard InChI is InChI=1S/C38H31ClFN3O6S/c1-49-31-17-24(44)12-13-27(31)33-26-14-15-28-32(36(47)42(34(28)45)19-25-3-2-16-50-25)29(26)18-30-35(46)43(41-23-10-8-22(40)9-11-23)37(48)38(30,33)20-4-6-21(39)7-5-20/h2-14,16-17,28-30,32-33,41,44H,15,18-19H2,1H3/t28-,29+,30-,32-,33+,38+/m0/s1. The number of rotatable bonds is 7. The number of amides is 4. The average molecular weight is 712 g/mol. The second-order valence-corrected chi connectivity index (χ2v) is 14.6. The van der Waals surface area contributed by atoms with Crippen LogP contribution in [0.15, 0.2) is 95.9 Å². The van der Waals surface area contributed by atoms with Gasteiger partial charge in [-0.15, -0.1) is 11.3 Å². The number of hydrogen-bond donors (Lipinski definition) is 2. The molecule has 4 aromatic rings. The molecule has 3 aromatic carbocycles. The van der Waals surface area contributed by atoms with Crippen LogP contribution in [0.2, 0.25) is 5.02 Å². The van der Waals surface area contributed by atoms with Crippen molar-refractivity contribution in [3.05, 3.63) is 123 Å². The Hall–Kier alpha value is -5.00. The Labute approximate surface area is 295 Å². The predicted octanol–water partition coefficient (Wildman–Crippen LogP) is 6.44. The van der Waals surface area contributed by atoms with Crippen molar-refractivity contribution in [2.24, 2.45) is 23.7 Å². The molecule has 2 saturated heterocycles. The van der Waals surface area contributed by atoms with E-state index >= 15 is 4.79 Å². The second kappa shape index (κ2) is 12.1. The van der Waals surface area contributed by atoms with E-state index in [2.05, 4.69) is 5.43 Å². The highest BCUT2D eigenvalue weighted by Gasteiger charge is 2.70. The summed E-state index contributed by atoms with van der Waals surface area (Å²) in [5.74, 6) is -5.60. The molecule has 254 valence electrons. The Morgan fingerprint density at radius 2 is 1.74 bits per heavy atom. The molecule has 2 N–H and O–H groups in total. The van der Waals surface area contributed by atoms with Gasteiger partial charge < -0.3 is 9.84 Å². The van der Waals surface area contributed by atoms with E-state index in [1.807, 2.05) is 23.6 Å². The van der Waals surface area contributed by atoms with Gasteiger partial charge in [-0.05, 0) is 78.2 Å². The maximum atomic E-state index is 15.2. The summed E-state index contributed by atoms with van der Waals surface area (Å²) < 4.78 is 19.6. The molecule has 0 spiro atoms. The van der Waals surface area contributed by atoms with Gasteiger partial charge in [0.2, 0.25) is 11.8 Å². The first-order valence-electron chi connectivity index (χ1n) is 16.2. The molecule has 2 aliphatic carbocycles. The fourth-order valence-corrected chi connectivity index (χ4v) is 9.54. The number of nitrogens with zero attached hydrogens (tertiary/aromatic N) is 2. The lowest BCUT2D eigenvalue weighted by Gasteiger charge is -2.50. The molecule has 50 heavy (non-hydrogen) atoms. The maximum Gasteiger partial charge on any atom is 0.260 e. The van der Waals surface area contributed by atoms with Crippen LogP contribution in [-0.4, -0.2) is 45.8 Å². The Morgan fingerprint density at radius 1 is 0.980 bits per heavy atom. The minimum atomic E-state index is -1.56. The van der Waals surface area contributed by atoms with Gasteiger partial charge in [-0.2, -0.15) is 5.01 Å². The molecule has 4 aliphatic rings. The molecule has 6 atom stereocenters. The first kappa shape index (κ1) is 32.2. The molecule has 3 heterocycles. The number of hydrogen-bond acceptors (Lipinski definition) is 8. The van der Waals surface area contributed by atoms with Crippen LogP contribution in [0.25, 0.3) is 0 Å². The second-order valence-electron chi connectivity index (χ2n) is 13.1. The Morgan fingerprint density at radius 3 is 2.44 bits per heavy atom. The highest BCUT2D eigenvalue weighted by atomic mass is 35.5. The normalized spacial score (nSPS) is 27.2. The van der Waals surface area contributed by atoms with Crippen molar-refractivity contribution >= 4 is 52.3 Å². The summed E-state index contributed by atoms with van der Waals surface area (Å²) in [5, 5.41) is 13.8. The monoisotopic (exact) mass is 711 g/mol. The fraction of sp³-hybridized carbons (Fsp3) is 0.263. The molecule has 9 nitrogen and oxygen atoms in total. The van der Waals surface area contributed by atoms with E-state index in [0.717, 1.165) is 15.5 Å². The number of carbonyl (C=O) groups is 4. The van der Waals surface area contributed by atoms with Crippen molar-refractivity contribution in [2.45, 2.75) is 30.7 Å². The number of methoxy groups -OCH3 is 1. The molecule has 0 bridgehead atoms. The number of phenolic OH excluding ortho intramolecular Hbond substituents is 1. The third-order valence-electron chi connectivity index (χ3n) is 10.8. The average Bonchev–Trinajstić information content (AvgIpc) is 3.78. The maximum absolute atomic E-state index is 15.2. The van der Waals surface area contributed by atoms with E-state index in [9.17, 15) is 23.9 Å². The van der Waals surface area contributed by atoms with Gasteiger partial charge in [0.15, 0.2) is 0 Å². The van der Waals surface area contributed by atoms with Crippen LogP contribution in [0.3, 0.4) is 0 Å². The van der Waals surface area contributed by atoms with Crippen LogP contribution in [0.5, 0.6) is 11.5 Å². The van der Waals surface area contributed by atoms with Crippen molar-refractivity contribution in [2.75, 3.05) is 12.5 Å². The number of likely N-dealkylation sites (tertiary alicyclic amines) is 1. The molecule has 1 aromatic heterocycles. The number of nitrogens with one attached hydrogen (secondary N) is 1. The molecule has 2 aliphatic heterocycles. The van der Waals surface area contributed by atoms with Crippen molar-refractivity contribution in [1.82, 2.24) is 9.91 Å². The Balaban J connectivity index is 1.33. The van der Waals surface area contributed by atoms with Gasteiger partial charge in [-0.3, -0.25) is 29.5 Å². The number of ether oxygens (including phenoxy) is 1. The SMILES string of the molecule is COc1cc(O)ccc1[C@H]1C2=CC[C@@H]3C(=O)N(Cc4cccs4)C(=O)[C@@H]3[C@@H]2C[C@H]2C(=O)N(Nc3ccc(F)cc3)C(=O)[C@@]12c1ccc(Cl)cc1. The summed E-state index contributed by atoms with van der Waals surface area (Å²) in [7, 11) is 1.46. The zero-order chi connectivity index (χ0) is 34.9. The van der Waals surface area contributed by atoms with Crippen LogP contribution in [0, 0.1) is 29.5 Å². The Kier molecular flexibility index (Phi) is 7.80. The quantitative estimate of drug-likeness (QED) is 0.168. The largest absolute Gasteiger partial charge is 0.508 e. The fourth-order valence-electron chi connectivity index (χ4n) is 8.72. The van der Waals surface area contributed by atoms with E-state index in [4.69, 9.17) is 16.3 Å². The van der Waals surface area contributed by atoms with E-state index < -0.39 is 52.6 Å². The van der Waals surface area contributed by atoms with Crippen molar-refractivity contribution in [3.8, 4) is 11.5 Å². The molecule has 0 unspecified atom stereocenters. The van der Waals surface area contributed by atoms with Crippen LogP contribution in [0.1, 0.15) is 34.8 Å². The van der Waals surface area contributed by atoms with Crippen LogP contribution in [-0.2, 0) is 31.1 Å². The van der Waals surface area contributed by atoms with Gasteiger partial charge in [0, 0.05) is 27.4 Å². The summed E-state index contributed by atoms with van der Waals surface area (Å²) in [6.45, 7) is 0.171. The molecule has 3 fully saturated rings. The van der Waals surface area contributed by atoms with E-state index in [0.29, 0.717) is 27.6 Å². The first-order valence-corrected chi connectivity index (χ1v) is 17.5. The first-order chi connectivity index (χ1) is 24.1. The number of anilines is 1. The number of halogens is 2. The molecule has 1 saturated carbocycles. The van der Waals surface area contributed by atoms with Crippen LogP contribution in [0.4, 0.5) is 10.1 Å². The molecule has 12 heteroatoms. The highest BCUT2D eigenvalue weighted by Crippen LogP contribution is 2.65. The number of allylic oxidation sites excluding steroid dienone is 2. The number of imide groups is 2. The molecule has 0 radical (unpaired) electrons. The molecular weight excluding hydrogens is 681 g/mol. The van der Waals surface area contributed by atoms with Gasteiger partial charge >= 0.3 is 0 Å². The van der Waals surface area contributed by atoms with E-state index in [1.165, 1.54) is 59.7 Å². The van der Waals surface area contributed by atoms with Crippen LogP contribution < -0.4 is 10.2 Å². The Bertz CT molecular complexity index is 2070. The van der Waals surface area contributed by atoms with E-state index in [1.54, 1.807) is 30.3 Å². The van der Waals surface area contributed by atoms with Crippen molar-refractivity contribution in [3.63, 3.8) is 0 Å². The summed E-state index contributed by atoms with van der Waals surface area (Å²) in [6, 6.07) is 20.5. The summed E-state index contributed by atoms with van der Waals surface area (Å²) >= 11 is 7.82. The molecule has 4 amide bonds. The molecule has 8 rings (SSSR count). The summed E-state index contributed by atoms with van der Waals surface area (Å²) in [6.07, 6.45) is 2.36. The van der Waals surface area contributed by atoms with Gasteiger partial charge in [0.25, 0.3) is 11.8 Å². The van der Waals surface area contributed by atoms with Gasteiger partial charge in [-0.25, -0.2) is 4.39 Å². The number of carbonyl (C=O) groups excluding carboxylic acids is 4. The number of benzene rings is 3. The number of fused-ring (bicyclic) bond motifs is 4. The smallest absolute Gasteiger partial charge is 0.260 e. The van der Waals surface area contributed by atoms with Crippen LogP contribution >= 0.6 is 22.9 Å². The zero-order valence-electron chi connectivity index (χ0n) is 26.7. The number of phenols is 1. The lowest BCUT2D eigenvalue weighted by atomic mass is 9.49. The molecular formula is C38H31ClFN3O6S. The summed E-state index contributed by atoms with van der Waals surface area (Å²) in [5.41, 5.74) is 3.53. The number of hydrazine groups is 1. The highest BCUT2D eigenvalue weighted by molar-refractivity contribution is 7.09. The third-order valence-corrected chi connectivity index (χ3v) is 11.9. The lowest BCUT2D eigenvalue weighted by Crippen LogP contribution is -2.53. The van der Waals surface area contributed by atoms with Crippen molar-refractivity contribution in [1.29, 1.82) is 0 Å². The van der Waals surface area contributed by atoms with Gasteiger partial charge in [0.05, 0.1) is 42.5 Å². The van der Waals surface area contributed by atoms with Crippen molar-refractivity contribution < 1.29 is 33.4 Å². The van der Waals surface area contributed by atoms with Gasteiger partial charge in [0.1, 0.15) is 17.3 Å². The third kappa shape index (κ3) is 4.78. The predicted molar refractivity (Wildman–Crippen MR) is 184 cm³/mol. The minimum absolute atomic E-state index is 0.0537.